The summed E-state index contributed by atoms with van der Waals surface area (Å²) in [5.74, 6) is 0. The summed E-state index contributed by atoms with van der Waals surface area (Å²) in [7, 11) is 4.11. The quantitative estimate of drug-likeness (QED) is 0.688. The van der Waals surface area contributed by atoms with Crippen LogP contribution in [0.25, 0.3) is 0 Å². The number of nitrogens with zero attached hydrogens (tertiary/aromatic N) is 1. The van der Waals surface area contributed by atoms with E-state index in [0.29, 0.717) is 18.1 Å². The minimum Gasteiger partial charge on any atom is -0.335 e. The fourth-order valence-corrected chi connectivity index (χ4v) is 2.99. The van der Waals surface area contributed by atoms with Crippen LogP contribution in [0.1, 0.15) is 32.1 Å². The van der Waals surface area contributed by atoms with Crippen LogP contribution in [0, 0.1) is 0 Å². The van der Waals surface area contributed by atoms with E-state index in [-0.39, 0.29) is 6.03 Å². The first-order valence-corrected chi connectivity index (χ1v) is 7.10. The summed E-state index contributed by atoms with van der Waals surface area (Å²) in [4.78, 5) is 14.1. The van der Waals surface area contributed by atoms with Crippen LogP contribution >= 0.6 is 0 Å². The average molecular weight is 254 g/mol. The number of hydrogen-bond acceptors (Lipinski definition) is 3. The monoisotopic (exact) mass is 254 g/mol. The molecule has 104 valence electrons. The van der Waals surface area contributed by atoms with Crippen LogP contribution in [-0.2, 0) is 0 Å². The summed E-state index contributed by atoms with van der Waals surface area (Å²) in [6.45, 7) is 2.05. The maximum atomic E-state index is 11.9. The minimum absolute atomic E-state index is 0.0169. The van der Waals surface area contributed by atoms with Crippen molar-refractivity contribution < 1.29 is 4.79 Å². The standard InChI is InChI=1S/C13H26N4O/c1-14-10-3-5-11(6-4-10)15-13(18)16-12-7-8-17(2)9-12/h10-12,14H,3-9H2,1-2H3,(H2,15,16,18)/t10?,11?,12-/m0/s1. The largest absolute Gasteiger partial charge is 0.335 e. The Hall–Kier alpha value is -0.810. The van der Waals surface area contributed by atoms with Crippen LogP contribution in [-0.4, -0.2) is 56.2 Å². The lowest BCUT2D eigenvalue weighted by molar-refractivity contribution is 0.226. The highest BCUT2D eigenvalue weighted by Crippen LogP contribution is 2.18. The molecule has 5 heteroatoms. The van der Waals surface area contributed by atoms with Crippen LogP contribution < -0.4 is 16.0 Å². The number of hydrogen-bond donors (Lipinski definition) is 3. The lowest BCUT2D eigenvalue weighted by Gasteiger charge is -2.29. The molecule has 2 amide bonds. The molecule has 1 aliphatic heterocycles. The number of amides is 2. The molecule has 1 saturated heterocycles. The number of rotatable bonds is 3. The van der Waals surface area contributed by atoms with Gasteiger partial charge in [-0.25, -0.2) is 4.79 Å². The Morgan fingerprint density at radius 2 is 1.61 bits per heavy atom. The third kappa shape index (κ3) is 3.85. The first-order chi connectivity index (χ1) is 8.67. The Kier molecular flexibility index (Phi) is 4.83. The summed E-state index contributed by atoms with van der Waals surface area (Å²) in [6, 6.07) is 1.33. The molecular formula is C13H26N4O. The number of likely N-dealkylation sites (tertiary alicyclic amines) is 1. The van der Waals surface area contributed by atoms with E-state index in [4.69, 9.17) is 0 Å². The van der Waals surface area contributed by atoms with Crippen molar-refractivity contribution in [2.75, 3.05) is 27.2 Å². The number of urea groups is 1. The molecule has 0 spiro atoms. The first-order valence-electron chi connectivity index (χ1n) is 7.10. The summed E-state index contributed by atoms with van der Waals surface area (Å²) in [6.07, 6.45) is 5.56. The Balaban J connectivity index is 1.65. The van der Waals surface area contributed by atoms with Gasteiger partial charge in [-0.05, 0) is 52.7 Å². The van der Waals surface area contributed by atoms with Crippen LogP contribution in [0.15, 0.2) is 0 Å². The maximum Gasteiger partial charge on any atom is 0.315 e. The van der Waals surface area contributed by atoms with Crippen molar-refractivity contribution >= 4 is 6.03 Å². The SMILES string of the molecule is CNC1CCC(NC(=O)N[C@H]2CCN(C)C2)CC1. The van der Waals surface area contributed by atoms with Crippen LogP contribution in [0.5, 0.6) is 0 Å². The van der Waals surface area contributed by atoms with Gasteiger partial charge in [0.15, 0.2) is 0 Å². The molecule has 2 rings (SSSR count). The molecule has 1 heterocycles. The maximum absolute atomic E-state index is 11.9. The summed E-state index contributed by atoms with van der Waals surface area (Å²) < 4.78 is 0. The van der Waals surface area contributed by atoms with E-state index in [1.165, 1.54) is 0 Å². The third-order valence-electron chi connectivity index (χ3n) is 4.20. The normalized spacial score (nSPS) is 33.3. The molecule has 3 N–H and O–H groups in total. The second-order valence-electron chi connectivity index (χ2n) is 5.70. The van der Waals surface area contributed by atoms with Crippen molar-refractivity contribution in [3.63, 3.8) is 0 Å². The lowest BCUT2D eigenvalue weighted by atomic mass is 9.91. The van der Waals surface area contributed by atoms with E-state index in [2.05, 4.69) is 27.9 Å². The molecule has 0 bridgehead atoms. The van der Waals surface area contributed by atoms with Gasteiger partial charge in [0.2, 0.25) is 0 Å². The van der Waals surface area contributed by atoms with Crippen LogP contribution in [0.3, 0.4) is 0 Å². The van der Waals surface area contributed by atoms with Crippen molar-refractivity contribution in [2.45, 2.75) is 50.2 Å². The topological polar surface area (TPSA) is 56.4 Å². The van der Waals surface area contributed by atoms with Gasteiger partial charge in [0.1, 0.15) is 0 Å². The lowest BCUT2D eigenvalue weighted by Crippen LogP contribution is -2.48. The van der Waals surface area contributed by atoms with E-state index in [0.717, 1.165) is 45.2 Å². The van der Waals surface area contributed by atoms with Gasteiger partial charge in [0.05, 0.1) is 0 Å². The number of likely N-dealkylation sites (N-methyl/N-ethyl adjacent to an activating group) is 1. The van der Waals surface area contributed by atoms with E-state index < -0.39 is 0 Å². The van der Waals surface area contributed by atoms with Gasteiger partial charge in [-0.1, -0.05) is 0 Å². The molecule has 2 aliphatic rings. The zero-order chi connectivity index (χ0) is 13.0. The highest BCUT2D eigenvalue weighted by Gasteiger charge is 2.24. The molecule has 0 aromatic rings. The van der Waals surface area contributed by atoms with Crippen LogP contribution in [0.4, 0.5) is 4.79 Å². The third-order valence-corrected chi connectivity index (χ3v) is 4.20. The highest BCUT2D eigenvalue weighted by atomic mass is 16.2. The number of carbonyl (C=O) groups is 1. The van der Waals surface area contributed by atoms with Gasteiger partial charge in [-0.3, -0.25) is 0 Å². The first kappa shape index (κ1) is 13.6. The Morgan fingerprint density at radius 3 is 2.17 bits per heavy atom. The molecule has 0 unspecified atom stereocenters. The zero-order valence-corrected chi connectivity index (χ0v) is 11.5. The van der Waals surface area contributed by atoms with Gasteiger partial charge < -0.3 is 20.9 Å². The van der Waals surface area contributed by atoms with E-state index >= 15 is 0 Å². The second-order valence-corrected chi connectivity index (χ2v) is 5.70. The predicted octanol–water partition coefficient (Wildman–Crippen LogP) is 0.520. The molecule has 2 fully saturated rings. The fourth-order valence-electron chi connectivity index (χ4n) is 2.99. The Bertz CT molecular complexity index is 276. The Labute approximate surface area is 110 Å². The minimum atomic E-state index is 0.0169. The molecule has 0 aromatic carbocycles. The van der Waals surface area contributed by atoms with Gasteiger partial charge >= 0.3 is 6.03 Å². The van der Waals surface area contributed by atoms with Crippen molar-refractivity contribution in [2.24, 2.45) is 0 Å². The molecular weight excluding hydrogens is 228 g/mol. The van der Waals surface area contributed by atoms with Crippen molar-refractivity contribution in [3.05, 3.63) is 0 Å². The van der Waals surface area contributed by atoms with Crippen molar-refractivity contribution in [1.29, 1.82) is 0 Å². The summed E-state index contributed by atoms with van der Waals surface area (Å²) in [5.41, 5.74) is 0. The molecule has 18 heavy (non-hydrogen) atoms. The molecule has 1 aliphatic carbocycles. The molecule has 5 nitrogen and oxygen atoms in total. The summed E-state index contributed by atoms with van der Waals surface area (Å²) >= 11 is 0. The van der Waals surface area contributed by atoms with Gasteiger partial charge in [-0.15, -0.1) is 0 Å². The Morgan fingerprint density at radius 1 is 1.00 bits per heavy atom. The van der Waals surface area contributed by atoms with E-state index in [9.17, 15) is 4.79 Å². The average Bonchev–Trinajstić information content (AvgIpc) is 2.75. The van der Waals surface area contributed by atoms with Gasteiger partial charge in [-0.2, -0.15) is 0 Å². The fraction of sp³-hybridized carbons (Fsp3) is 0.923. The van der Waals surface area contributed by atoms with Crippen molar-refractivity contribution in [3.8, 4) is 0 Å². The molecule has 0 radical (unpaired) electrons. The van der Waals surface area contributed by atoms with Crippen LogP contribution in [0.2, 0.25) is 0 Å². The molecule has 1 atom stereocenters. The molecule has 1 saturated carbocycles. The highest BCUT2D eigenvalue weighted by molar-refractivity contribution is 5.74. The van der Waals surface area contributed by atoms with Crippen molar-refractivity contribution in [1.82, 2.24) is 20.9 Å². The predicted molar refractivity (Wildman–Crippen MR) is 72.7 cm³/mol. The summed E-state index contributed by atoms with van der Waals surface area (Å²) in [5, 5.41) is 9.49. The van der Waals surface area contributed by atoms with E-state index in [1.807, 2.05) is 7.05 Å². The van der Waals surface area contributed by atoms with E-state index in [1.54, 1.807) is 0 Å². The zero-order valence-electron chi connectivity index (χ0n) is 11.5. The van der Waals surface area contributed by atoms with Gasteiger partial charge in [0, 0.05) is 24.7 Å². The number of carbonyl (C=O) groups excluding carboxylic acids is 1. The van der Waals surface area contributed by atoms with Gasteiger partial charge in [0.25, 0.3) is 0 Å². The molecule has 0 aromatic heterocycles. The number of nitrogens with one attached hydrogen (secondary N) is 3. The second kappa shape index (κ2) is 6.38. The smallest absolute Gasteiger partial charge is 0.315 e.